The lowest BCUT2D eigenvalue weighted by molar-refractivity contribution is 0.214. The highest BCUT2D eigenvalue weighted by Crippen LogP contribution is 2.18. The third-order valence-electron chi connectivity index (χ3n) is 2.91. The number of carbonyl (C=O) groups is 1. The molecule has 2 N–H and O–H groups in total. The molecule has 4 heteroatoms. The van der Waals surface area contributed by atoms with E-state index in [9.17, 15) is 4.79 Å². The Morgan fingerprint density at radius 1 is 1.40 bits per heavy atom. The van der Waals surface area contributed by atoms with Gasteiger partial charge in [0.05, 0.1) is 0 Å². The van der Waals surface area contributed by atoms with Crippen molar-refractivity contribution in [3.63, 3.8) is 0 Å². The van der Waals surface area contributed by atoms with Crippen LogP contribution in [0.25, 0.3) is 0 Å². The van der Waals surface area contributed by atoms with Crippen LogP contribution in [0, 0.1) is 0 Å². The van der Waals surface area contributed by atoms with Crippen LogP contribution in [-0.4, -0.2) is 42.6 Å². The first-order valence-corrected chi connectivity index (χ1v) is 5.95. The average molecular weight is 213 g/mol. The van der Waals surface area contributed by atoms with E-state index < -0.39 is 0 Å². The standard InChI is InChI=1S/C11H23N3O/c1-4-14(5-2)9(3)8-12-11(15)13-10-6-7-10/h9-10H,4-8H2,1-3H3,(H2,12,13,15)/t9-/m0/s1. The van der Waals surface area contributed by atoms with Crippen LogP contribution in [0.1, 0.15) is 33.6 Å². The molecule has 0 aliphatic heterocycles. The molecule has 0 bridgehead atoms. The summed E-state index contributed by atoms with van der Waals surface area (Å²) in [5.74, 6) is 0. The van der Waals surface area contributed by atoms with Gasteiger partial charge in [-0.25, -0.2) is 4.79 Å². The average Bonchev–Trinajstić information content (AvgIpc) is 3.00. The maximum Gasteiger partial charge on any atom is 0.315 e. The third-order valence-corrected chi connectivity index (χ3v) is 2.91. The Labute approximate surface area is 92.4 Å². The molecule has 0 heterocycles. The fourth-order valence-corrected chi connectivity index (χ4v) is 1.68. The Hall–Kier alpha value is -0.770. The highest BCUT2D eigenvalue weighted by molar-refractivity contribution is 5.74. The van der Waals surface area contributed by atoms with Gasteiger partial charge in [0.2, 0.25) is 0 Å². The van der Waals surface area contributed by atoms with Crippen LogP contribution in [0.4, 0.5) is 4.79 Å². The predicted octanol–water partition coefficient (Wildman–Crippen LogP) is 1.18. The number of nitrogens with zero attached hydrogens (tertiary/aromatic N) is 1. The van der Waals surface area contributed by atoms with E-state index in [1.54, 1.807) is 0 Å². The molecule has 0 aromatic carbocycles. The molecule has 1 rings (SSSR count). The Morgan fingerprint density at radius 3 is 2.47 bits per heavy atom. The van der Waals surface area contributed by atoms with Crippen molar-refractivity contribution in [2.24, 2.45) is 0 Å². The van der Waals surface area contributed by atoms with E-state index >= 15 is 0 Å². The van der Waals surface area contributed by atoms with Crippen LogP contribution in [0.3, 0.4) is 0 Å². The van der Waals surface area contributed by atoms with Crippen molar-refractivity contribution in [1.82, 2.24) is 15.5 Å². The lowest BCUT2D eigenvalue weighted by Gasteiger charge is -2.26. The van der Waals surface area contributed by atoms with Crippen molar-refractivity contribution in [3.8, 4) is 0 Å². The van der Waals surface area contributed by atoms with Crippen LogP contribution >= 0.6 is 0 Å². The summed E-state index contributed by atoms with van der Waals surface area (Å²) in [4.78, 5) is 13.7. The second kappa shape index (κ2) is 5.95. The van der Waals surface area contributed by atoms with Crippen molar-refractivity contribution >= 4 is 6.03 Å². The van der Waals surface area contributed by atoms with Gasteiger partial charge in [0.1, 0.15) is 0 Å². The molecule has 0 saturated heterocycles. The topological polar surface area (TPSA) is 44.4 Å². The van der Waals surface area contributed by atoms with E-state index in [4.69, 9.17) is 0 Å². The molecule has 88 valence electrons. The van der Waals surface area contributed by atoms with E-state index in [0.717, 1.165) is 32.5 Å². The van der Waals surface area contributed by atoms with Gasteiger partial charge in [-0.1, -0.05) is 13.8 Å². The molecule has 1 fully saturated rings. The number of rotatable bonds is 6. The Morgan fingerprint density at radius 2 is 2.00 bits per heavy atom. The quantitative estimate of drug-likeness (QED) is 0.696. The number of nitrogens with one attached hydrogen (secondary N) is 2. The molecule has 1 atom stereocenters. The zero-order valence-corrected chi connectivity index (χ0v) is 10.0. The first kappa shape index (κ1) is 12.3. The number of carbonyl (C=O) groups excluding carboxylic acids is 1. The predicted molar refractivity (Wildman–Crippen MR) is 61.9 cm³/mol. The number of amides is 2. The summed E-state index contributed by atoms with van der Waals surface area (Å²) in [6, 6.07) is 0.829. The van der Waals surface area contributed by atoms with Gasteiger partial charge in [-0.2, -0.15) is 0 Å². The van der Waals surface area contributed by atoms with E-state index in [2.05, 4.69) is 36.3 Å². The molecule has 0 spiro atoms. The van der Waals surface area contributed by atoms with E-state index in [0.29, 0.717) is 12.1 Å². The minimum absolute atomic E-state index is 0.0171. The van der Waals surface area contributed by atoms with Gasteiger partial charge < -0.3 is 10.6 Å². The number of likely N-dealkylation sites (N-methyl/N-ethyl adjacent to an activating group) is 1. The molecule has 0 radical (unpaired) electrons. The van der Waals surface area contributed by atoms with Crippen molar-refractivity contribution in [2.45, 2.75) is 45.7 Å². The van der Waals surface area contributed by atoms with Crippen LogP contribution in [0.5, 0.6) is 0 Å². The zero-order chi connectivity index (χ0) is 11.3. The minimum Gasteiger partial charge on any atom is -0.337 e. The molecule has 1 aliphatic carbocycles. The summed E-state index contributed by atoms with van der Waals surface area (Å²) in [5.41, 5.74) is 0. The highest BCUT2D eigenvalue weighted by Gasteiger charge is 2.23. The van der Waals surface area contributed by atoms with Gasteiger partial charge in [-0.05, 0) is 32.9 Å². The van der Waals surface area contributed by atoms with E-state index in [-0.39, 0.29) is 6.03 Å². The van der Waals surface area contributed by atoms with Gasteiger partial charge in [-0.3, -0.25) is 4.90 Å². The summed E-state index contributed by atoms with van der Waals surface area (Å²) in [6.45, 7) is 9.21. The van der Waals surface area contributed by atoms with Crippen LogP contribution in [0.15, 0.2) is 0 Å². The monoisotopic (exact) mass is 213 g/mol. The van der Waals surface area contributed by atoms with Crippen LogP contribution < -0.4 is 10.6 Å². The van der Waals surface area contributed by atoms with Crippen molar-refractivity contribution in [2.75, 3.05) is 19.6 Å². The lowest BCUT2D eigenvalue weighted by atomic mass is 10.3. The Balaban J connectivity index is 2.13. The fraction of sp³-hybridized carbons (Fsp3) is 0.909. The van der Waals surface area contributed by atoms with Gasteiger partial charge >= 0.3 is 6.03 Å². The van der Waals surface area contributed by atoms with E-state index in [1.807, 2.05) is 0 Å². The summed E-state index contributed by atoms with van der Waals surface area (Å²) in [5, 5.41) is 5.83. The largest absolute Gasteiger partial charge is 0.337 e. The molecule has 15 heavy (non-hydrogen) atoms. The maximum absolute atomic E-state index is 11.4. The Kier molecular flexibility index (Phi) is 4.88. The molecule has 1 aliphatic rings. The summed E-state index contributed by atoms with van der Waals surface area (Å²) < 4.78 is 0. The summed E-state index contributed by atoms with van der Waals surface area (Å²) in [6.07, 6.45) is 2.28. The molecular weight excluding hydrogens is 190 g/mol. The third kappa shape index (κ3) is 4.51. The normalized spacial score (nSPS) is 17.6. The minimum atomic E-state index is -0.0171. The SMILES string of the molecule is CCN(CC)[C@@H](C)CNC(=O)NC1CC1. The van der Waals surface area contributed by atoms with Gasteiger partial charge in [0.15, 0.2) is 0 Å². The highest BCUT2D eigenvalue weighted by atomic mass is 16.2. The first-order chi connectivity index (χ1) is 7.17. The van der Waals surface area contributed by atoms with Gasteiger partial charge in [0, 0.05) is 18.6 Å². The first-order valence-electron chi connectivity index (χ1n) is 5.95. The number of hydrogen-bond donors (Lipinski definition) is 2. The smallest absolute Gasteiger partial charge is 0.315 e. The lowest BCUT2D eigenvalue weighted by Crippen LogP contribution is -2.45. The second-order valence-electron chi connectivity index (χ2n) is 4.20. The van der Waals surface area contributed by atoms with Gasteiger partial charge in [0.25, 0.3) is 0 Å². The molecule has 2 amide bonds. The molecule has 0 aromatic heterocycles. The number of hydrogen-bond acceptors (Lipinski definition) is 2. The van der Waals surface area contributed by atoms with Crippen molar-refractivity contribution in [3.05, 3.63) is 0 Å². The van der Waals surface area contributed by atoms with Gasteiger partial charge in [-0.15, -0.1) is 0 Å². The van der Waals surface area contributed by atoms with Crippen LogP contribution in [-0.2, 0) is 0 Å². The molecule has 0 unspecified atom stereocenters. The van der Waals surface area contributed by atoms with Crippen molar-refractivity contribution in [1.29, 1.82) is 0 Å². The Bertz CT molecular complexity index is 200. The fourth-order valence-electron chi connectivity index (χ4n) is 1.68. The summed E-state index contributed by atoms with van der Waals surface area (Å²) >= 11 is 0. The molecule has 0 aromatic rings. The van der Waals surface area contributed by atoms with Crippen LogP contribution in [0.2, 0.25) is 0 Å². The maximum atomic E-state index is 11.4. The van der Waals surface area contributed by atoms with E-state index in [1.165, 1.54) is 0 Å². The molecule has 4 nitrogen and oxygen atoms in total. The summed E-state index contributed by atoms with van der Waals surface area (Å²) in [7, 11) is 0. The number of urea groups is 1. The second-order valence-corrected chi connectivity index (χ2v) is 4.20. The molecule has 1 saturated carbocycles. The molecular formula is C11H23N3O. The van der Waals surface area contributed by atoms with Crippen molar-refractivity contribution < 1.29 is 4.79 Å². The zero-order valence-electron chi connectivity index (χ0n) is 10.0.